The van der Waals surface area contributed by atoms with Crippen LogP contribution in [0.2, 0.25) is 0 Å². The fraction of sp³-hybridized carbons (Fsp3) is 0.455. The third-order valence-electron chi connectivity index (χ3n) is 2.72. The van der Waals surface area contributed by atoms with E-state index >= 15 is 0 Å². The topological polar surface area (TPSA) is 26.0 Å². The minimum absolute atomic E-state index is 0. The molecule has 1 aliphatic rings. The van der Waals surface area contributed by atoms with Crippen LogP contribution in [-0.4, -0.2) is 0 Å². The zero-order chi connectivity index (χ0) is 11.0. The van der Waals surface area contributed by atoms with Gasteiger partial charge in [-0.2, -0.15) is 0 Å². The Bertz CT molecular complexity index is 380. The summed E-state index contributed by atoms with van der Waals surface area (Å²) in [4.78, 5) is 0. The third-order valence-corrected chi connectivity index (χ3v) is 2.72. The number of hydrogen-bond donors (Lipinski definition) is 1. The van der Waals surface area contributed by atoms with Gasteiger partial charge in [0.05, 0.1) is 0 Å². The summed E-state index contributed by atoms with van der Waals surface area (Å²) >= 11 is 0. The first kappa shape index (κ1) is 13.3. The van der Waals surface area contributed by atoms with E-state index in [-0.39, 0.29) is 18.0 Å². The van der Waals surface area contributed by atoms with Crippen LogP contribution in [-0.2, 0) is 0 Å². The van der Waals surface area contributed by atoms with Crippen LogP contribution in [0, 0.1) is 23.4 Å². The minimum atomic E-state index is -1.17. The predicted octanol–water partition coefficient (Wildman–Crippen LogP) is 3.33. The van der Waals surface area contributed by atoms with E-state index in [1.807, 2.05) is 0 Å². The molecular weight excluding hydrogens is 239 g/mol. The molecule has 1 aromatic rings. The van der Waals surface area contributed by atoms with E-state index in [2.05, 4.69) is 0 Å². The standard InChI is InChI=1S/C11H12F3N.ClH/c12-8-5-10(14)9(13)4-7(8)11(15)3-6-1-2-6;/h4-6,11H,1-3,15H2;1H/t11-;/m1./s1. The van der Waals surface area contributed by atoms with Crippen LogP contribution in [0.1, 0.15) is 30.9 Å². The minimum Gasteiger partial charge on any atom is -0.324 e. The van der Waals surface area contributed by atoms with Crippen molar-refractivity contribution in [3.8, 4) is 0 Å². The number of rotatable bonds is 3. The summed E-state index contributed by atoms with van der Waals surface area (Å²) in [7, 11) is 0. The number of hydrogen-bond acceptors (Lipinski definition) is 1. The summed E-state index contributed by atoms with van der Waals surface area (Å²) in [5, 5.41) is 0. The predicted molar refractivity (Wildman–Crippen MR) is 57.8 cm³/mol. The molecule has 0 amide bonds. The molecule has 0 spiro atoms. The van der Waals surface area contributed by atoms with Gasteiger partial charge in [-0.05, 0) is 18.4 Å². The van der Waals surface area contributed by atoms with Crippen molar-refractivity contribution < 1.29 is 13.2 Å². The fourth-order valence-corrected chi connectivity index (χ4v) is 1.66. The van der Waals surface area contributed by atoms with Crippen molar-refractivity contribution in [3.05, 3.63) is 35.1 Å². The molecule has 0 aromatic heterocycles. The van der Waals surface area contributed by atoms with Gasteiger partial charge in [0, 0.05) is 17.7 Å². The van der Waals surface area contributed by atoms with Gasteiger partial charge in [-0.1, -0.05) is 12.8 Å². The SMILES string of the molecule is Cl.N[C@H](CC1CC1)c1cc(F)c(F)cc1F. The summed E-state index contributed by atoms with van der Waals surface area (Å²) in [5.74, 6) is -2.46. The Morgan fingerprint density at radius 1 is 1.12 bits per heavy atom. The Balaban J connectivity index is 0.00000128. The molecule has 0 aliphatic heterocycles. The van der Waals surface area contributed by atoms with Gasteiger partial charge in [-0.3, -0.25) is 0 Å². The van der Waals surface area contributed by atoms with Crippen LogP contribution in [0.3, 0.4) is 0 Å². The molecule has 0 saturated heterocycles. The third kappa shape index (κ3) is 2.89. The quantitative estimate of drug-likeness (QED) is 0.820. The van der Waals surface area contributed by atoms with E-state index in [9.17, 15) is 13.2 Å². The number of nitrogens with two attached hydrogens (primary N) is 1. The molecular formula is C11H13ClF3N. The summed E-state index contributed by atoms with van der Waals surface area (Å²) in [6, 6.07) is 0.877. The van der Waals surface area contributed by atoms with E-state index in [0.29, 0.717) is 18.4 Å². The van der Waals surface area contributed by atoms with Crippen molar-refractivity contribution in [3.63, 3.8) is 0 Å². The second-order valence-corrected chi connectivity index (χ2v) is 4.07. The lowest BCUT2D eigenvalue weighted by atomic mass is 10.0. The molecule has 2 rings (SSSR count). The highest BCUT2D eigenvalue weighted by atomic mass is 35.5. The summed E-state index contributed by atoms with van der Waals surface area (Å²) in [5.41, 5.74) is 5.80. The molecule has 5 heteroatoms. The van der Waals surface area contributed by atoms with Crippen LogP contribution in [0.4, 0.5) is 13.2 Å². The van der Waals surface area contributed by atoms with Crippen molar-refractivity contribution >= 4 is 12.4 Å². The summed E-state index contributed by atoms with van der Waals surface area (Å²) in [6.45, 7) is 0. The van der Waals surface area contributed by atoms with Gasteiger partial charge in [0.15, 0.2) is 11.6 Å². The smallest absolute Gasteiger partial charge is 0.161 e. The maximum Gasteiger partial charge on any atom is 0.161 e. The van der Waals surface area contributed by atoms with Gasteiger partial charge < -0.3 is 5.73 Å². The van der Waals surface area contributed by atoms with E-state index in [4.69, 9.17) is 5.73 Å². The van der Waals surface area contributed by atoms with Gasteiger partial charge in [0.1, 0.15) is 5.82 Å². The highest BCUT2D eigenvalue weighted by Crippen LogP contribution is 2.37. The van der Waals surface area contributed by atoms with Gasteiger partial charge in [0.25, 0.3) is 0 Å². The van der Waals surface area contributed by atoms with Crippen LogP contribution >= 0.6 is 12.4 Å². The highest BCUT2D eigenvalue weighted by molar-refractivity contribution is 5.85. The number of benzene rings is 1. The first-order valence-electron chi connectivity index (χ1n) is 4.98. The van der Waals surface area contributed by atoms with Gasteiger partial charge in [-0.25, -0.2) is 13.2 Å². The van der Waals surface area contributed by atoms with E-state index in [1.54, 1.807) is 0 Å². The molecule has 16 heavy (non-hydrogen) atoms. The average Bonchev–Trinajstić information content (AvgIpc) is 2.95. The number of halogens is 4. The Morgan fingerprint density at radius 3 is 2.25 bits per heavy atom. The van der Waals surface area contributed by atoms with Gasteiger partial charge in [-0.15, -0.1) is 12.4 Å². The lowest BCUT2D eigenvalue weighted by molar-refractivity contribution is 0.478. The molecule has 90 valence electrons. The van der Waals surface area contributed by atoms with Crippen molar-refractivity contribution in [2.24, 2.45) is 11.7 Å². The Hall–Kier alpha value is -0.740. The van der Waals surface area contributed by atoms with Gasteiger partial charge >= 0.3 is 0 Å². The molecule has 0 bridgehead atoms. The Labute approximate surface area is 98.2 Å². The maximum atomic E-state index is 13.3. The van der Waals surface area contributed by atoms with Crippen molar-refractivity contribution in [2.45, 2.75) is 25.3 Å². The lowest BCUT2D eigenvalue weighted by Crippen LogP contribution is -2.13. The van der Waals surface area contributed by atoms with Crippen LogP contribution < -0.4 is 5.73 Å². The first-order chi connectivity index (χ1) is 7.08. The highest BCUT2D eigenvalue weighted by Gasteiger charge is 2.26. The van der Waals surface area contributed by atoms with Crippen LogP contribution in [0.5, 0.6) is 0 Å². The van der Waals surface area contributed by atoms with Crippen molar-refractivity contribution in [1.82, 2.24) is 0 Å². The van der Waals surface area contributed by atoms with E-state index in [1.165, 1.54) is 0 Å². The van der Waals surface area contributed by atoms with Crippen molar-refractivity contribution in [2.75, 3.05) is 0 Å². The van der Waals surface area contributed by atoms with E-state index in [0.717, 1.165) is 18.9 Å². The Kier molecular flexibility index (Phi) is 4.21. The van der Waals surface area contributed by atoms with Crippen molar-refractivity contribution in [1.29, 1.82) is 0 Å². The first-order valence-corrected chi connectivity index (χ1v) is 4.98. The largest absolute Gasteiger partial charge is 0.324 e. The summed E-state index contributed by atoms with van der Waals surface area (Å²) < 4.78 is 38.8. The molecule has 1 nitrogen and oxygen atoms in total. The Morgan fingerprint density at radius 2 is 1.69 bits per heavy atom. The van der Waals surface area contributed by atoms with Gasteiger partial charge in [0.2, 0.25) is 0 Å². The molecule has 0 heterocycles. The fourth-order valence-electron chi connectivity index (χ4n) is 1.66. The molecule has 0 radical (unpaired) electrons. The molecule has 1 atom stereocenters. The molecule has 1 aromatic carbocycles. The average molecular weight is 252 g/mol. The maximum absolute atomic E-state index is 13.3. The molecule has 0 unspecified atom stereocenters. The second kappa shape index (κ2) is 5.06. The monoisotopic (exact) mass is 251 g/mol. The second-order valence-electron chi connectivity index (χ2n) is 4.07. The van der Waals surface area contributed by atoms with E-state index < -0.39 is 23.5 Å². The lowest BCUT2D eigenvalue weighted by Gasteiger charge is -2.12. The zero-order valence-corrected chi connectivity index (χ0v) is 9.37. The molecule has 1 saturated carbocycles. The van der Waals surface area contributed by atoms with Crippen LogP contribution in [0.15, 0.2) is 12.1 Å². The summed E-state index contributed by atoms with van der Waals surface area (Å²) in [6.07, 6.45) is 2.83. The molecule has 1 fully saturated rings. The van der Waals surface area contributed by atoms with Crippen LogP contribution in [0.25, 0.3) is 0 Å². The molecule has 1 aliphatic carbocycles. The normalized spacial score (nSPS) is 16.8. The molecule has 2 N–H and O–H groups in total. The zero-order valence-electron chi connectivity index (χ0n) is 8.55.